The second kappa shape index (κ2) is 6.83. The minimum absolute atomic E-state index is 0.0739. The van der Waals surface area contributed by atoms with Gasteiger partial charge in [-0.05, 0) is 30.3 Å². The monoisotopic (exact) mass is 422 g/mol. The Labute approximate surface area is 166 Å². The van der Waals surface area contributed by atoms with Crippen LogP contribution in [0.3, 0.4) is 0 Å². The Morgan fingerprint density at radius 1 is 1.21 bits per heavy atom. The second-order valence-corrected chi connectivity index (χ2v) is 8.74. The molecule has 4 rings (SSSR count). The molecule has 2 heterocycles. The summed E-state index contributed by atoms with van der Waals surface area (Å²) < 4.78 is 29.7. The van der Waals surface area contributed by atoms with Gasteiger partial charge in [-0.25, -0.2) is 13.6 Å². The first kappa shape index (κ1) is 19.9. The molecule has 10 nitrogen and oxygen atoms in total. The highest BCUT2D eigenvalue weighted by Crippen LogP contribution is 2.51. The van der Waals surface area contributed by atoms with Crippen LogP contribution >= 0.6 is 0 Å². The van der Waals surface area contributed by atoms with E-state index in [0.29, 0.717) is 5.69 Å². The lowest BCUT2D eigenvalue weighted by atomic mass is 10.1. The first-order chi connectivity index (χ1) is 13.6. The van der Waals surface area contributed by atoms with E-state index in [1.807, 2.05) is 0 Å². The number of amides is 1. The number of benzene rings is 1. The number of rotatable bonds is 4. The van der Waals surface area contributed by atoms with Crippen LogP contribution in [0.5, 0.6) is 0 Å². The molecule has 1 saturated heterocycles. The molecule has 5 atom stereocenters. The number of hydrogen-bond donors (Lipinski definition) is 5. The lowest BCUT2D eigenvalue weighted by Crippen LogP contribution is -2.46. The fourth-order valence-corrected chi connectivity index (χ4v) is 3.97. The zero-order valence-electron chi connectivity index (χ0n) is 15.0. The molecule has 1 aliphatic carbocycles. The number of pyridine rings is 1. The molecular weight excluding hydrogens is 402 g/mol. The van der Waals surface area contributed by atoms with Gasteiger partial charge in [0.25, 0.3) is 12.1 Å². The topological polar surface area (TPSA) is 163 Å². The number of anilines is 1. The number of nitrogens with two attached hydrogens (primary N) is 1. The fraction of sp³-hybridized carbons (Fsp3) is 0.333. The fourth-order valence-electron chi connectivity index (χ4n) is 3.45. The average molecular weight is 422 g/mol. The number of primary sulfonamides is 1. The van der Waals surface area contributed by atoms with Crippen molar-refractivity contribution in [2.45, 2.75) is 41.5 Å². The van der Waals surface area contributed by atoms with Crippen LogP contribution in [0.25, 0.3) is 0 Å². The minimum Gasteiger partial charge on any atom is -0.390 e. The van der Waals surface area contributed by atoms with Crippen LogP contribution in [0.15, 0.2) is 53.7 Å². The van der Waals surface area contributed by atoms with Crippen molar-refractivity contribution in [2.75, 3.05) is 5.32 Å². The summed E-state index contributed by atoms with van der Waals surface area (Å²) in [7, 11) is -3.83. The molecule has 1 saturated carbocycles. The van der Waals surface area contributed by atoms with E-state index in [4.69, 9.17) is 9.88 Å². The molecule has 0 bridgehead atoms. The van der Waals surface area contributed by atoms with Crippen molar-refractivity contribution in [1.29, 1.82) is 0 Å². The average Bonchev–Trinajstić information content (AvgIpc) is 3.27. The number of carbonyl (C=O) groups excluding carboxylic acids is 1. The van der Waals surface area contributed by atoms with E-state index in [1.54, 1.807) is 18.3 Å². The number of aromatic nitrogens is 1. The molecule has 2 aromatic rings. The molecule has 11 heteroatoms. The maximum absolute atomic E-state index is 12.5. The lowest BCUT2D eigenvalue weighted by molar-refractivity contribution is -0.766. The molecule has 1 amide bonds. The summed E-state index contributed by atoms with van der Waals surface area (Å²) >= 11 is 0. The summed E-state index contributed by atoms with van der Waals surface area (Å²) in [5, 5.41) is 37.9. The van der Waals surface area contributed by atoms with Crippen LogP contribution in [-0.2, 0) is 14.8 Å². The molecule has 1 spiro atoms. The van der Waals surface area contributed by atoms with Gasteiger partial charge in [0.2, 0.25) is 10.0 Å². The summed E-state index contributed by atoms with van der Waals surface area (Å²) in [4.78, 5) is 12.5. The van der Waals surface area contributed by atoms with Gasteiger partial charge < -0.3 is 25.4 Å². The third kappa shape index (κ3) is 3.52. The van der Waals surface area contributed by atoms with Crippen molar-refractivity contribution in [3.63, 3.8) is 0 Å². The maximum atomic E-state index is 12.5. The van der Waals surface area contributed by atoms with Crippen molar-refractivity contribution in [2.24, 2.45) is 5.14 Å². The molecular formula is C18H20N3O7S+. The molecule has 2 fully saturated rings. The van der Waals surface area contributed by atoms with Gasteiger partial charge in [-0.3, -0.25) is 4.79 Å². The SMILES string of the molecule is NS(=O)(=O)c1ccc(NC(=O)c2ccc[n+]([C@@H]3OC4(C[C@H]4O)[C@@H](O)[C@H]3O)c2)cc1. The second-order valence-electron chi connectivity index (χ2n) is 7.18. The van der Waals surface area contributed by atoms with Crippen molar-refractivity contribution in [3.8, 4) is 0 Å². The lowest BCUT2D eigenvalue weighted by Gasteiger charge is -2.10. The summed E-state index contributed by atoms with van der Waals surface area (Å²) in [6.07, 6.45) is -1.04. The molecule has 6 N–H and O–H groups in total. The molecule has 1 aromatic heterocycles. The molecule has 1 aliphatic heterocycles. The molecule has 2 aliphatic rings. The maximum Gasteiger partial charge on any atom is 0.292 e. The van der Waals surface area contributed by atoms with Gasteiger partial charge >= 0.3 is 0 Å². The van der Waals surface area contributed by atoms with Crippen molar-refractivity contribution >= 4 is 21.6 Å². The van der Waals surface area contributed by atoms with Gasteiger partial charge in [0.05, 0.1) is 11.0 Å². The highest BCUT2D eigenvalue weighted by atomic mass is 32.2. The number of ether oxygens (including phenoxy) is 1. The first-order valence-corrected chi connectivity index (χ1v) is 10.3. The van der Waals surface area contributed by atoms with Crippen LogP contribution in [0.2, 0.25) is 0 Å². The van der Waals surface area contributed by atoms with E-state index in [1.165, 1.54) is 35.0 Å². The summed E-state index contributed by atoms with van der Waals surface area (Å²) in [6.45, 7) is 0. The predicted molar refractivity (Wildman–Crippen MR) is 97.9 cm³/mol. The summed E-state index contributed by atoms with van der Waals surface area (Å²) in [5.41, 5.74) is -0.559. The van der Waals surface area contributed by atoms with Gasteiger partial charge in [0.15, 0.2) is 18.5 Å². The molecule has 1 aromatic carbocycles. The number of aliphatic hydroxyl groups excluding tert-OH is 3. The number of carbonyl (C=O) groups is 1. The van der Waals surface area contributed by atoms with Crippen LogP contribution in [0, 0.1) is 0 Å². The minimum atomic E-state index is -3.83. The van der Waals surface area contributed by atoms with Gasteiger partial charge in [0.1, 0.15) is 17.3 Å². The number of hydrogen-bond acceptors (Lipinski definition) is 7. The van der Waals surface area contributed by atoms with E-state index in [2.05, 4.69) is 5.32 Å². The smallest absolute Gasteiger partial charge is 0.292 e. The van der Waals surface area contributed by atoms with Gasteiger partial charge in [-0.1, -0.05) is 0 Å². The standard InChI is InChI=1S/C18H19N3O7S/c19-29(26,27)12-5-3-11(4-6-12)20-16(25)10-2-1-7-21(9-10)17-14(23)15(24)18(28-17)8-13(18)22/h1-7,9,13-15,17,22-24H,8H2,(H2-,19,20,25,26,27)/p+1/t13-,14-,15+,17-,18?/m1/s1. The zero-order chi connectivity index (χ0) is 21.0. The first-order valence-electron chi connectivity index (χ1n) is 8.79. The summed E-state index contributed by atoms with van der Waals surface area (Å²) in [6, 6.07) is 8.50. The third-order valence-corrected chi connectivity index (χ3v) is 6.12. The largest absolute Gasteiger partial charge is 0.390 e. The van der Waals surface area contributed by atoms with Crippen LogP contribution in [0.4, 0.5) is 5.69 Å². The Morgan fingerprint density at radius 3 is 2.41 bits per heavy atom. The highest BCUT2D eigenvalue weighted by Gasteiger charge is 2.71. The van der Waals surface area contributed by atoms with Crippen LogP contribution < -0.4 is 15.0 Å². The van der Waals surface area contributed by atoms with E-state index in [-0.39, 0.29) is 16.9 Å². The van der Waals surface area contributed by atoms with E-state index >= 15 is 0 Å². The molecule has 154 valence electrons. The Hall–Kier alpha value is -2.41. The van der Waals surface area contributed by atoms with Crippen molar-refractivity contribution < 1.29 is 37.8 Å². The highest BCUT2D eigenvalue weighted by molar-refractivity contribution is 7.89. The summed E-state index contributed by atoms with van der Waals surface area (Å²) in [5.74, 6) is -0.475. The van der Waals surface area contributed by atoms with E-state index in [0.717, 1.165) is 0 Å². The Kier molecular flexibility index (Phi) is 4.69. The Balaban J connectivity index is 1.51. The number of sulfonamides is 1. The molecule has 1 unspecified atom stereocenters. The van der Waals surface area contributed by atoms with Crippen molar-refractivity contribution in [1.82, 2.24) is 0 Å². The Morgan fingerprint density at radius 2 is 1.86 bits per heavy atom. The Bertz CT molecular complexity index is 1060. The van der Waals surface area contributed by atoms with Crippen LogP contribution in [-0.4, -0.2) is 53.6 Å². The van der Waals surface area contributed by atoms with Crippen LogP contribution in [0.1, 0.15) is 23.0 Å². The van der Waals surface area contributed by atoms with E-state index < -0.39 is 46.1 Å². The van der Waals surface area contributed by atoms with Gasteiger partial charge in [-0.2, -0.15) is 4.57 Å². The number of nitrogens with one attached hydrogen (secondary N) is 1. The quantitative estimate of drug-likeness (QED) is 0.379. The number of aliphatic hydroxyl groups is 3. The number of nitrogens with zero attached hydrogens (tertiary/aromatic N) is 1. The molecule has 29 heavy (non-hydrogen) atoms. The normalized spacial score (nSPS) is 31.0. The zero-order valence-corrected chi connectivity index (χ0v) is 15.9. The van der Waals surface area contributed by atoms with Gasteiger partial charge in [-0.15, -0.1) is 0 Å². The molecule has 0 radical (unpaired) electrons. The third-order valence-electron chi connectivity index (χ3n) is 5.19. The van der Waals surface area contributed by atoms with Gasteiger partial charge in [0, 0.05) is 18.2 Å². The van der Waals surface area contributed by atoms with Crippen molar-refractivity contribution in [3.05, 3.63) is 54.4 Å². The van der Waals surface area contributed by atoms with E-state index in [9.17, 15) is 28.5 Å². The predicted octanol–water partition coefficient (Wildman–Crippen LogP) is -1.37.